The monoisotopic (exact) mass is 636 g/mol. The molecule has 248 valence electrons. The first-order valence-electron chi connectivity index (χ1n) is 14.6. The van der Waals surface area contributed by atoms with E-state index in [4.69, 9.17) is 33.2 Å². The topological polar surface area (TPSA) is 151 Å². The van der Waals surface area contributed by atoms with Gasteiger partial charge in [0, 0.05) is 57.5 Å². The summed E-state index contributed by atoms with van der Waals surface area (Å²) in [5.41, 5.74) is 1.52. The molecule has 0 amide bonds. The lowest BCUT2D eigenvalue weighted by atomic mass is 9.98. The van der Waals surface area contributed by atoms with Crippen LogP contribution in [-0.4, -0.2) is 77.1 Å². The van der Waals surface area contributed by atoms with E-state index >= 15 is 4.39 Å². The molecule has 3 rings (SSSR count). The van der Waals surface area contributed by atoms with Gasteiger partial charge in [-0.2, -0.15) is 0 Å². The van der Waals surface area contributed by atoms with E-state index in [0.29, 0.717) is 22.6 Å². The summed E-state index contributed by atoms with van der Waals surface area (Å²) in [6.45, 7) is 13.4. The number of hydrogen-bond donors (Lipinski definition) is 0. The fraction of sp³-hybridized carbons (Fsp3) is 0.581. The number of ether oxygens (including phenoxy) is 7. The van der Waals surface area contributed by atoms with Gasteiger partial charge in [0.05, 0.1) is 6.10 Å². The van der Waals surface area contributed by atoms with Crippen LogP contribution in [0.25, 0.3) is 0 Å². The van der Waals surface area contributed by atoms with E-state index in [1.165, 1.54) is 13.0 Å². The minimum absolute atomic E-state index is 0.0315. The first-order chi connectivity index (χ1) is 21.1. The van der Waals surface area contributed by atoms with Crippen molar-refractivity contribution in [1.29, 1.82) is 0 Å². The fourth-order valence-electron chi connectivity index (χ4n) is 4.93. The van der Waals surface area contributed by atoms with Gasteiger partial charge in [0.1, 0.15) is 24.3 Å². The quantitative estimate of drug-likeness (QED) is 0.247. The number of benzene rings is 1. The third kappa shape index (κ3) is 9.40. The average Bonchev–Trinajstić information content (AvgIpc) is 3.21. The molecule has 1 aromatic heterocycles. The predicted octanol–water partition coefficient (Wildman–Crippen LogP) is 3.75. The van der Waals surface area contributed by atoms with E-state index < -0.39 is 67.0 Å². The second kappa shape index (κ2) is 15.2. The summed E-state index contributed by atoms with van der Waals surface area (Å²) >= 11 is 0. The van der Waals surface area contributed by atoms with Crippen molar-refractivity contribution in [2.24, 2.45) is 0 Å². The van der Waals surface area contributed by atoms with Crippen LogP contribution < -0.4 is 9.47 Å². The second-order valence-electron chi connectivity index (χ2n) is 11.2. The largest absolute Gasteiger partial charge is 0.491 e. The Kier molecular flexibility index (Phi) is 11.9. The number of esters is 4. The maximum atomic E-state index is 15.2. The van der Waals surface area contributed by atoms with Crippen molar-refractivity contribution in [2.75, 3.05) is 6.61 Å². The van der Waals surface area contributed by atoms with E-state index in [0.717, 1.165) is 20.8 Å². The molecule has 13 nitrogen and oxygen atoms in total. The molecule has 0 spiro atoms. The zero-order valence-corrected chi connectivity index (χ0v) is 27.0. The van der Waals surface area contributed by atoms with Crippen molar-refractivity contribution in [3.05, 3.63) is 40.8 Å². The smallest absolute Gasteiger partial charge is 0.303 e. The zero-order chi connectivity index (χ0) is 33.6. The third-order valence-corrected chi connectivity index (χ3v) is 6.67. The number of carbonyl (C=O) groups is 4. The summed E-state index contributed by atoms with van der Waals surface area (Å²) in [5, 5.41) is 4.60. The van der Waals surface area contributed by atoms with Crippen LogP contribution in [-0.2, 0) is 49.3 Å². The lowest BCUT2D eigenvalue weighted by Crippen LogP contribution is -2.63. The van der Waals surface area contributed by atoms with Crippen LogP contribution in [0.4, 0.5) is 4.39 Å². The molecule has 45 heavy (non-hydrogen) atoms. The summed E-state index contributed by atoms with van der Waals surface area (Å²) in [4.78, 5) is 48.1. The Morgan fingerprint density at radius 3 is 2.04 bits per heavy atom. The molecule has 1 aliphatic rings. The molecule has 0 aliphatic carbocycles. The summed E-state index contributed by atoms with van der Waals surface area (Å²) in [6, 6.07) is 4.46. The van der Waals surface area contributed by atoms with Gasteiger partial charge in [-0.05, 0) is 46.2 Å². The van der Waals surface area contributed by atoms with Crippen molar-refractivity contribution in [3.8, 4) is 11.6 Å². The first-order valence-corrected chi connectivity index (χ1v) is 14.6. The minimum Gasteiger partial charge on any atom is -0.491 e. The van der Waals surface area contributed by atoms with E-state index in [9.17, 15) is 19.2 Å². The van der Waals surface area contributed by atoms with Gasteiger partial charge in [0.15, 0.2) is 12.2 Å². The summed E-state index contributed by atoms with van der Waals surface area (Å²) < 4.78 is 56.4. The van der Waals surface area contributed by atoms with Crippen LogP contribution in [0.15, 0.2) is 18.2 Å². The van der Waals surface area contributed by atoms with Crippen molar-refractivity contribution in [1.82, 2.24) is 9.78 Å². The first kappa shape index (κ1) is 35.3. The van der Waals surface area contributed by atoms with Gasteiger partial charge in [-0.1, -0.05) is 6.07 Å². The standard InChI is InChI=1S/C31H41FN2O11/c1-15(2)34-17(5)24(12-22-10-11-23(13-25(22)32)40-16(3)4)30(33-34)45-31-29(43-21(9)38)28(42-20(8)37)27(41-19(7)36)26(44-31)14-39-18(6)35/h10-11,13,15-16,26-29,31H,12,14H2,1-9H3/t26?,27-,28+,29-,31+/m1/s1. The Labute approximate surface area is 261 Å². The van der Waals surface area contributed by atoms with Crippen molar-refractivity contribution in [2.45, 2.75) is 112 Å². The Bertz CT molecular complexity index is 1390. The molecule has 1 aromatic carbocycles. The van der Waals surface area contributed by atoms with E-state index in [-0.39, 0.29) is 24.4 Å². The summed E-state index contributed by atoms with van der Waals surface area (Å²) in [7, 11) is 0. The van der Waals surface area contributed by atoms with E-state index in [1.54, 1.807) is 23.7 Å². The number of halogens is 1. The predicted molar refractivity (Wildman–Crippen MR) is 155 cm³/mol. The fourth-order valence-corrected chi connectivity index (χ4v) is 4.93. The molecule has 0 saturated carbocycles. The van der Waals surface area contributed by atoms with E-state index in [1.807, 2.05) is 27.7 Å². The van der Waals surface area contributed by atoms with Gasteiger partial charge in [-0.3, -0.25) is 23.9 Å². The highest BCUT2D eigenvalue weighted by Crippen LogP contribution is 2.34. The van der Waals surface area contributed by atoms with Crippen LogP contribution in [0, 0.1) is 12.7 Å². The van der Waals surface area contributed by atoms with Crippen LogP contribution in [0.5, 0.6) is 11.6 Å². The third-order valence-electron chi connectivity index (χ3n) is 6.67. The molecule has 5 atom stereocenters. The molecule has 0 bridgehead atoms. The van der Waals surface area contributed by atoms with Crippen molar-refractivity contribution < 1.29 is 56.7 Å². The molecular weight excluding hydrogens is 595 g/mol. The molecule has 1 saturated heterocycles. The molecule has 1 unspecified atom stereocenters. The molecule has 0 N–H and O–H groups in total. The highest BCUT2D eigenvalue weighted by molar-refractivity contribution is 5.68. The summed E-state index contributed by atoms with van der Waals surface area (Å²) in [5.74, 6) is -3.03. The van der Waals surface area contributed by atoms with Gasteiger partial charge in [-0.15, -0.1) is 5.10 Å². The minimum atomic E-state index is -1.49. The Morgan fingerprint density at radius 2 is 1.51 bits per heavy atom. The van der Waals surface area contributed by atoms with Crippen LogP contribution in [0.3, 0.4) is 0 Å². The van der Waals surface area contributed by atoms with Gasteiger partial charge in [-0.25, -0.2) is 4.39 Å². The molecule has 1 fully saturated rings. The molecule has 2 aromatic rings. The summed E-state index contributed by atoms with van der Waals surface area (Å²) in [6.07, 6.45) is -6.99. The van der Waals surface area contributed by atoms with Gasteiger partial charge < -0.3 is 33.2 Å². The maximum absolute atomic E-state index is 15.2. The number of hydrogen-bond acceptors (Lipinski definition) is 12. The molecule has 2 heterocycles. The highest BCUT2D eigenvalue weighted by Gasteiger charge is 2.53. The number of nitrogens with zero attached hydrogens (tertiary/aromatic N) is 2. The lowest BCUT2D eigenvalue weighted by Gasteiger charge is -2.43. The lowest BCUT2D eigenvalue weighted by molar-refractivity contribution is -0.289. The highest BCUT2D eigenvalue weighted by atomic mass is 19.1. The average molecular weight is 637 g/mol. The Morgan fingerprint density at radius 1 is 0.911 bits per heavy atom. The van der Waals surface area contributed by atoms with Gasteiger partial charge in [0.25, 0.3) is 0 Å². The molecule has 14 heteroatoms. The van der Waals surface area contributed by atoms with E-state index in [2.05, 4.69) is 5.10 Å². The molecular formula is C31H41FN2O11. The normalized spacial score (nSPS) is 21.3. The zero-order valence-electron chi connectivity index (χ0n) is 27.0. The number of rotatable bonds is 12. The van der Waals surface area contributed by atoms with Gasteiger partial charge >= 0.3 is 23.9 Å². The molecule has 1 aliphatic heterocycles. The van der Waals surface area contributed by atoms with Crippen molar-refractivity contribution in [3.63, 3.8) is 0 Å². The Hall–Kier alpha value is -4.20. The van der Waals surface area contributed by atoms with Crippen molar-refractivity contribution >= 4 is 23.9 Å². The van der Waals surface area contributed by atoms with Gasteiger partial charge in [0.2, 0.25) is 18.3 Å². The maximum Gasteiger partial charge on any atom is 0.303 e. The van der Waals surface area contributed by atoms with Crippen LogP contribution >= 0.6 is 0 Å². The molecule has 0 radical (unpaired) electrons. The van der Waals surface area contributed by atoms with Crippen LogP contribution in [0.2, 0.25) is 0 Å². The van der Waals surface area contributed by atoms with Crippen LogP contribution in [0.1, 0.15) is 78.3 Å². The Balaban J connectivity index is 2.09. The number of carbonyl (C=O) groups excluding carboxylic acids is 4. The SMILES string of the molecule is CC(=O)OCC1O[C@@H](Oc2nn(C(C)C)c(C)c2Cc2ccc(OC(C)C)cc2F)[C@H](OC(C)=O)[C@@H](OC(C)=O)[C@@H]1OC(C)=O. The second-order valence-corrected chi connectivity index (χ2v) is 11.2. The number of aromatic nitrogens is 2.